The van der Waals surface area contributed by atoms with Crippen LogP contribution in [-0.4, -0.2) is 68.5 Å². The predicted molar refractivity (Wildman–Crippen MR) is 109 cm³/mol. The van der Waals surface area contributed by atoms with Gasteiger partial charge in [0.15, 0.2) is 0 Å². The van der Waals surface area contributed by atoms with E-state index in [1.165, 1.54) is 7.11 Å². The van der Waals surface area contributed by atoms with Gasteiger partial charge in [-0.2, -0.15) is 0 Å². The third-order valence-electron chi connectivity index (χ3n) is 4.93. The Kier molecular flexibility index (Phi) is 6.90. The summed E-state index contributed by atoms with van der Waals surface area (Å²) in [5.41, 5.74) is 2.79. The van der Waals surface area contributed by atoms with Crippen LogP contribution in [0.2, 0.25) is 0 Å². The van der Waals surface area contributed by atoms with E-state index < -0.39 is 6.10 Å². The molecule has 150 valence electrons. The van der Waals surface area contributed by atoms with Crippen LogP contribution in [0.3, 0.4) is 0 Å². The second kappa shape index (κ2) is 9.57. The molecule has 0 spiro atoms. The molecule has 1 saturated heterocycles. The van der Waals surface area contributed by atoms with E-state index in [0.717, 1.165) is 43.2 Å². The van der Waals surface area contributed by atoms with Gasteiger partial charge in [-0.15, -0.1) is 0 Å². The highest BCUT2D eigenvalue weighted by Crippen LogP contribution is 2.18. The van der Waals surface area contributed by atoms with Crippen LogP contribution in [-0.2, 0) is 4.74 Å². The number of methoxy groups -OCH3 is 1. The van der Waals surface area contributed by atoms with Crippen LogP contribution in [0.15, 0.2) is 48.5 Å². The lowest BCUT2D eigenvalue weighted by atomic mass is 10.1. The summed E-state index contributed by atoms with van der Waals surface area (Å²) in [6.07, 6.45) is -0.522. The first-order valence-corrected chi connectivity index (χ1v) is 9.58. The molecule has 3 rings (SSSR count). The second-order valence-electron chi connectivity index (χ2n) is 7.11. The van der Waals surface area contributed by atoms with Crippen LogP contribution in [0.4, 0.5) is 5.69 Å². The molecule has 0 amide bonds. The number of piperazine rings is 1. The van der Waals surface area contributed by atoms with E-state index in [4.69, 9.17) is 9.47 Å². The number of benzene rings is 2. The molecule has 1 aliphatic rings. The first-order chi connectivity index (χ1) is 13.5. The van der Waals surface area contributed by atoms with Gasteiger partial charge in [0.1, 0.15) is 18.5 Å². The van der Waals surface area contributed by atoms with Crippen LogP contribution in [0.1, 0.15) is 15.9 Å². The lowest BCUT2D eigenvalue weighted by Crippen LogP contribution is -2.49. The first-order valence-electron chi connectivity index (χ1n) is 9.58. The number of aryl methyl sites for hydroxylation is 1. The van der Waals surface area contributed by atoms with E-state index in [2.05, 4.69) is 9.80 Å². The van der Waals surface area contributed by atoms with Gasteiger partial charge in [-0.3, -0.25) is 4.90 Å². The van der Waals surface area contributed by atoms with E-state index in [1.54, 1.807) is 12.1 Å². The lowest BCUT2D eigenvalue weighted by molar-refractivity contribution is 0.0600. The van der Waals surface area contributed by atoms with E-state index in [-0.39, 0.29) is 5.97 Å². The largest absolute Gasteiger partial charge is 0.491 e. The smallest absolute Gasteiger partial charge is 0.337 e. The van der Waals surface area contributed by atoms with Crippen molar-refractivity contribution in [3.63, 3.8) is 0 Å². The molecule has 1 heterocycles. The fraction of sp³-hybridized carbons (Fsp3) is 0.409. The molecule has 0 aliphatic carbocycles. The number of hydrogen-bond acceptors (Lipinski definition) is 6. The molecule has 1 unspecified atom stereocenters. The zero-order chi connectivity index (χ0) is 19.9. The molecule has 0 radical (unpaired) electrons. The van der Waals surface area contributed by atoms with Gasteiger partial charge >= 0.3 is 5.97 Å². The van der Waals surface area contributed by atoms with E-state index in [1.807, 2.05) is 43.3 Å². The summed E-state index contributed by atoms with van der Waals surface area (Å²) >= 11 is 0. The maximum absolute atomic E-state index is 11.5. The molecule has 1 fully saturated rings. The van der Waals surface area contributed by atoms with E-state index >= 15 is 0 Å². The third kappa shape index (κ3) is 5.47. The van der Waals surface area contributed by atoms with Gasteiger partial charge in [0, 0.05) is 38.4 Å². The van der Waals surface area contributed by atoms with Crippen molar-refractivity contribution < 1.29 is 19.4 Å². The molecule has 1 atom stereocenters. The van der Waals surface area contributed by atoms with Crippen molar-refractivity contribution in [2.75, 3.05) is 51.3 Å². The Bertz CT molecular complexity index is 770. The number of aliphatic hydroxyl groups excluding tert-OH is 1. The normalized spacial score (nSPS) is 15.9. The fourth-order valence-electron chi connectivity index (χ4n) is 3.36. The summed E-state index contributed by atoms with van der Waals surface area (Å²) in [5, 5.41) is 10.3. The van der Waals surface area contributed by atoms with Gasteiger partial charge in [0.05, 0.1) is 12.7 Å². The number of carbonyl (C=O) groups is 1. The summed E-state index contributed by atoms with van der Waals surface area (Å²) in [5.74, 6) is 0.470. The first kappa shape index (κ1) is 20.2. The van der Waals surface area contributed by atoms with Gasteiger partial charge in [-0.25, -0.2) is 4.79 Å². The number of ether oxygens (including phenoxy) is 2. The van der Waals surface area contributed by atoms with Crippen molar-refractivity contribution in [3.8, 4) is 5.75 Å². The fourth-order valence-corrected chi connectivity index (χ4v) is 3.36. The Morgan fingerprint density at radius 2 is 1.82 bits per heavy atom. The number of nitrogens with zero attached hydrogens (tertiary/aromatic N) is 2. The average Bonchev–Trinajstić information content (AvgIpc) is 2.72. The second-order valence-corrected chi connectivity index (χ2v) is 7.11. The summed E-state index contributed by atoms with van der Waals surface area (Å²) in [4.78, 5) is 16.1. The van der Waals surface area contributed by atoms with Crippen LogP contribution in [0.5, 0.6) is 5.75 Å². The zero-order valence-corrected chi connectivity index (χ0v) is 16.5. The van der Waals surface area contributed by atoms with Gasteiger partial charge < -0.3 is 19.5 Å². The van der Waals surface area contributed by atoms with Crippen molar-refractivity contribution in [2.45, 2.75) is 13.0 Å². The highest BCUT2D eigenvalue weighted by molar-refractivity contribution is 5.89. The number of rotatable bonds is 7. The van der Waals surface area contributed by atoms with E-state index in [9.17, 15) is 9.90 Å². The van der Waals surface area contributed by atoms with Gasteiger partial charge in [-0.1, -0.05) is 12.1 Å². The third-order valence-corrected chi connectivity index (χ3v) is 4.93. The van der Waals surface area contributed by atoms with Gasteiger partial charge in [0.2, 0.25) is 0 Å². The van der Waals surface area contributed by atoms with Crippen molar-refractivity contribution in [2.24, 2.45) is 0 Å². The van der Waals surface area contributed by atoms with Crippen LogP contribution in [0.25, 0.3) is 0 Å². The van der Waals surface area contributed by atoms with Crippen LogP contribution < -0.4 is 9.64 Å². The molecule has 0 saturated carbocycles. The molecule has 2 aromatic rings. The monoisotopic (exact) mass is 384 g/mol. The summed E-state index contributed by atoms with van der Waals surface area (Å²) < 4.78 is 10.4. The number of β-amino-alcohol motifs (C(OH)–C–C–N with tert-alkyl or cyclic N) is 1. The Labute approximate surface area is 166 Å². The summed E-state index contributed by atoms with van der Waals surface area (Å²) in [6.45, 7) is 6.41. The molecule has 2 aromatic carbocycles. The topological polar surface area (TPSA) is 62.2 Å². The summed E-state index contributed by atoms with van der Waals surface area (Å²) in [6, 6.07) is 15.3. The molecule has 28 heavy (non-hydrogen) atoms. The molecule has 1 aliphatic heterocycles. The maximum Gasteiger partial charge on any atom is 0.337 e. The standard InChI is InChI=1S/C22H28N2O4/c1-17-4-3-5-21(14-17)28-16-20(25)15-23-10-12-24(13-11-23)19-8-6-18(7-9-19)22(26)27-2/h3-9,14,20,25H,10-13,15-16H2,1-2H3. The molecule has 1 N–H and O–H groups in total. The minimum atomic E-state index is -0.522. The average molecular weight is 384 g/mol. The van der Waals surface area contributed by atoms with Crippen molar-refractivity contribution in [1.29, 1.82) is 0 Å². The maximum atomic E-state index is 11.5. The number of hydrogen-bond donors (Lipinski definition) is 1. The quantitative estimate of drug-likeness (QED) is 0.740. The molecular formula is C22H28N2O4. The molecule has 6 heteroatoms. The predicted octanol–water partition coefficient (Wildman–Crippen LogP) is 2.34. The van der Waals surface area contributed by atoms with Crippen molar-refractivity contribution in [3.05, 3.63) is 59.7 Å². The number of carbonyl (C=O) groups excluding carboxylic acids is 1. The van der Waals surface area contributed by atoms with E-state index in [0.29, 0.717) is 18.7 Å². The highest BCUT2D eigenvalue weighted by Gasteiger charge is 2.20. The van der Waals surface area contributed by atoms with Crippen molar-refractivity contribution in [1.82, 2.24) is 4.90 Å². The van der Waals surface area contributed by atoms with Gasteiger partial charge in [-0.05, 0) is 48.9 Å². The highest BCUT2D eigenvalue weighted by atomic mass is 16.5. The molecule has 6 nitrogen and oxygen atoms in total. The lowest BCUT2D eigenvalue weighted by Gasteiger charge is -2.36. The Morgan fingerprint density at radius 3 is 2.46 bits per heavy atom. The molecule has 0 bridgehead atoms. The minimum absolute atomic E-state index is 0.290. The van der Waals surface area contributed by atoms with Crippen molar-refractivity contribution >= 4 is 11.7 Å². The number of esters is 1. The van der Waals surface area contributed by atoms with Crippen LogP contribution >= 0.6 is 0 Å². The van der Waals surface area contributed by atoms with Crippen LogP contribution in [0, 0.1) is 6.92 Å². The molecule has 0 aromatic heterocycles. The number of anilines is 1. The summed E-state index contributed by atoms with van der Waals surface area (Å²) in [7, 11) is 1.38. The zero-order valence-electron chi connectivity index (χ0n) is 16.5. The Balaban J connectivity index is 1.42. The SMILES string of the molecule is COC(=O)c1ccc(N2CCN(CC(O)COc3cccc(C)c3)CC2)cc1. The minimum Gasteiger partial charge on any atom is -0.491 e. The van der Waals surface area contributed by atoms with Gasteiger partial charge in [0.25, 0.3) is 0 Å². The number of aliphatic hydroxyl groups is 1. The Morgan fingerprint density at radius 1 is 1.11 bits per heavy atom. The Hall–Kier alpha value is -2.57. The molecular weight excluding hydrogens is 356 g/mol.